The van der Waals surface area contributed by atoms with Crippen LogP contribution < -0.4 is 10.9 Å². The van der Waals surface area contributed by atoms with Crippen LogP contribution in [0.15, 0.2) is 40.5 Å². The number of hydrogen-bond donors (Lipinski definition) is 1. The number of aromatic nitrogens is 7. The first kappa shape index (κ1) is 24.6. The molecular weight excluding hydrogens is 595 g/mol. The second-order valence-electron chi connectivity index (χ2n) is 8.72. The summed E-state index contributed by atoms with van der Waals surface area (Å²) in [5, 5.41) is 3.03. The summed E-state index contributed by atoms with van der Waals surface area (Å²) in [5.74, 6) is 0.996. The summed E-state index contributed by atoms with van der Waals surface area (Å²) < 4.78 is 24.7. The van der Waals surface area contributed by atoms with E-state index in [9.17, 15) is 13.2 Å². The van der Waals surface area contributed by atoms with Crippen LogP contribution >= 0.6 is 22.6 Å². The molecule has 4 aromatic heterocycles. The zero-order valence-electron chi connectivity index (χ0n) is 19.8. The van der Waals surface area contributed by atoms with Crippen LogP contribution in [0.5, 0.6) is 0 Å². The summed E-state index contributed by atoms with van der Waals surface area (Å²) in [6, 6.07) is 3.08. The van der Waals surface area contributed by atoms with Gasteiger partial charge in [-0.3, -0.25) is 14.3 Å². The van der Waals surface area contributed by atoms with Crippen LogP contribution in [0.4, 0.5) is 5.82 Å². The second-order valence-corrected chi connectivity index (χ2v) is 12.5. The number of alkyl halides is 1. The van der Waals surface area contributed by atoms with Crippen LogP contribution in [0.3, 0.4) is 0 Å². The lowest BCUT2D eigenvalue weighted by Crippen LogP contribution is -2.27. The van der Waals surface area contributed by atoms with Crippen LogP contribution in [-0.4, -0.2) is 49.1 Å². The van der Waals surface area contributed by atoms with Crippen molar-refractivity contribution >= 4 is 49.4 Å². The Bertz CT molecular complexity index is 1630. The molecule has 0 unspecified atom stereocenters. The molecule has 0 spiro atoms. The molecule has 0 amide bonds. The first-order valence-corrected chi connectivity index (χ1v) is 14.4. The molecular formula is C23H23IN8O3S. The van der Waals surface area contributed by atoms with Gasteiger partial charge < -0.3 is 5.32 Å². The molecule has 0 aliphatic heterocycles. The SMILES string of the molecule is Cc1ncnc(C2CC2)c1-c1ncc2nc(NCc3ccc(S(C)(=O)=O)cn3)c(=O)n([C@H](C)I)c2n1. The molecule has 186 valence electrons. The highest BCUT2D eigenvalue weighted by atomic mass is 127. The number of nitrogens with zero attached hydrogens (tertiary/aromatic N) is 7. The van der Waals surface area contributed by atoms with Crippen LogP contribution in [0, 0.1) is 6.92 Å². The lowest BCUT2D eigenvalue weighted by atomic mass is 10.1. The van der Waals surface area contributed by atoms with Crippen molar-refractivity contribution in [2.24, 2.45) is 0 Å². The molecule has 4 heterocycles. The minimum absolute atomic E-state index is 0.132. The van der Waals surface area contributed by atoms with E-state index in [2.05, 4.69) is 52.8 Å². The maximum absolute atomic E-state index is 13.4. The molecule has 13 heteroatoms. The Hall–Kier alpha value is -3.07. The van der Waals surface area contributed by atoms with E-state index in [0.717, 1.165) is 36.0 Å². The van der Waals surface area contributed by atoms with Gasteiger partial charge in [0.1, 0.15) is 11.8 Å². The van der Waals surface area contributed by atoms with E-state index in [1.807, 2.05) is 13.8 Å². The number of sulfone groups is 1. The molecule has 1 fully saturated rings. The smallest absolute Gasteiger partial charge is 0.295 e. The molecule has 0 saturated heterocycles. The van der Waals surface area contributed by atoms with Gasteiger partial charge in [-0.2, -0.15) is 0 Å². The summed E-state index contributed by atoms with van der Waals surface area (Å²) in [5.41, 5.74) is 3.68. The van der Waals surface area contributed by atoms with Crippen LogP contribution in [0.1, 0.15) is 46.8 Å². The molecule has 1 aliphatic rings. The van der Waals surface area contributed by atoms with Gasteiger partial charge in [-0.25, -0.2) is 33.3 Å². The largest absolute Gasteiger partial charge is 0.360 e. The Labute approximate surface area is 220 Å². The van der Waals surface area contributed by atoms with Crippen LogP contribution in [0.25, 0.3) is 22.6 Å². The lowest BCUT2D eigenvalue weighted by Gasteiger charge is -2.15. The molecule has 36 heavy (non-hydrogen) atoms. The van der Waals surface area contributed by atoms with Crippen molar-refractivity contribution < 1.29 is 8.42 Å². The molecule has 11 nitrogen and oxygen atoms in total. The number of nitrogens with one attached hydrogen (secondary N) is 1. The van der Waals surface area contributed by atoms with E-state index in [-0.39, 0.29) is 26.9 Å². The van der Waals surface area contributed by atoms with Gasteiger partial charge in [0.25, 0.3) is 5.56 Å². The Morgan fingerprint density at radius 2 is 1.92 bits per heavy atom. The molecule has 1 atom stereocenters. The minimum Gasteiger partial charge on any atom is -0.360 e. The summed E-state index contributed by atoms with van der Waals surface area (Å²) in [4.78, 5) is 40.3. The number of rotatable bonds is 7. The monoisotopic (exact) mass is 618 g/mol. The number of aryl methyl sites for hydroxylation is 1. The van der Waals surface area contributed by atoms with Crippen molar-refractivity contribution in [2.75, 3.05) is 11.6 Å². The molecule has 0 radical (unpaired) electrons. The number of hydrogen-bond acceptors (Lipinski definition) is 10. The highest BCUT2D eigenvalue weighted by Gasteiger charge is 2.30. The summed E-state index contributed by atoms with van der Waals surface area (Å²) in [7, 11) is -3.33. The predicted octanol–water partition coefficient (Wildman–Crippen LogP) is 3.19. The van der Waals surface area contributed by atoms with Crippen molar-refractivity contribution in [2.45, 2.75) is 48.1 Å². The van der Waals surface area contributed by atoms with Gasteiger partial charge in [-0.05, 0) is 38.8 Å². The third kappa shape index (κ3) is 4.81. The van der Waals surface area contributed by atoms with Crippen molar-refractivity contribution in [3.05, 3.63) is 58.3 Å². The fraction of sp³-hybridized carbons (Fsp3) is 0.348. The minimum atomic E-state index is -3.33. The van der Waals surface area contributed by atoms with E-state index in [1.165, 1.54) is 12.3 Å². The molecule has 0 aromatic carbocycles. The average Bonchev–Trinajstić information content (AvgIpc) is 3.67. The molecule has 0 bridgehead atoms. The molecule has 1 saturated carbocycles. The Balaban J connectivity index is 1.53. The van der Waals surface area contributed by atoms with E-state index in [4.69, 9.17) is 4.98 Å². The lowest BCUT2D eigenvalue weighted by molar-refractivity contribution is 0.601. The summed E-state index contributed by atoms with van der Waals surface area (Å²) >= 11 is 2.16. The molecule has 1 aliphatic carbocycles. The Kier molecular flexibility index (Phi) is 6.44. The van der Waals surface area contributed by atoms with Gasteiger partial charge in [0.05, 0.1) is 44.3 Å². The van der Waals surface area contributed by atoms with E-state index < -0.39 is 9.84 Å². The number of fused-ring (bicyclic) bond motifs is 1. The highest BCUT2D eigenvalue weighted by Crippen LogP contribution is 2.43. The van der Waals surface area contributed by atoms with Gasteiger partial charge >= 0.3 is 0 Å². The fourth-order valence-corrected chi connectivity index (χ4v) is 4.99. The standard InChI is InChI=1S/C23H23IN8O3S/c1-12-18(19(14-4-5-14)29-11-28-12)20-27-10-17-22(31-20)32(13(2)24)23(33)21(30-17)26-8-15-6-7-16(9-25-15)36(3,34)35/h6-7,9-11,13-14H,4-5,8H2,1-3H3,(H,26,30)/t13-/m1/s1. The average molecular weight is 618 g/mol. The first-order chi connectivity index (χ1) is 17.1. The maximum Gasteiger partial charge on any atom is 0.295 e. The van der Waals surface area contributed by atoms with E-state index in [1.54, 1.807) is 23.2 Å². The Morgan fingerprint density at radius 3 is 2.56 bits per heavy atom. The van der Waals surface area contributed by atoms with Gasteiger partial charge in [0.2, 0.25) is 0 Å². The fourth-order valence-electron chi connectivity index (χ4n) is 3.91. The quantitative estimate of drug-likeness (QED) is 0.242. The van der Waals surface area contributed by atoms with E-state index in [0.29, 0.717) is 28.6 Å². The van der Waals surface area contributed by atoms with Crippen molar-refractivity contribution in [3.63, 3.8) is 0 Å². The van der Waals surface area contributed by atoms with Gasteiger partial charge in [-0.1, -0.05) is 22.6 Å². The Morgan fingerprint density at radius 1 is 1.14 bits per heavy atom. The van der Waals surface area contributed by atoms with Gasteiger partial charge in [0.15, 0.2) is 27.1 Å². The van der Waals surface area contributed by atoms with Crippen LogP contribution in [0.2, 0.25) is 0 Å². The normalized spacial score (nSPS) is 14.7. The highest BCUT2D eigenvalue weighted by molar-refractivity contribution is 14.1. The predicted molar refractivity (Wildman–Crippen MR) is 143 cm³/mol. The summed E-state index contributed by atoms with van der Waals surface area (Å²) in [6.07, 6.45) is 7.76. The zero-order valence-corrected chi connectivity index (χ0v) is 22.8. The third-order valence-corrected chi connectivity index (χ3v) is 7.56. The molecule has 5 rings (SSSR count). The third-order valence-electron chi connectivity index (χ3n) is 5.90. The zero-order chi connectivity index (χ0) is 25.6. The van der Waals surface area contributed by atoms with Crippen LogP contribution in [-0.2, 0) is 16.4 Å². The summed E-state index contributed by atoms with van der Waals surface area (Å²) in [6.45, 7) is 3.99. The molecule has 1 N–H and O–H groups in total. The number of anilines is 1. The topological polar surface area (TPSA) is 146 Å². The number of halogens is 1. The number of pyridine rings is 1. The van der Waals surface area contributed by atoms with Crippen molar-refractivity contribution in [3.8, 4) is 11.4 Å². The van der Waals surface area contributed by atoms with Crippen molar-refractivity contribution in [1.82, 2.24) is 34.5 Å². The molecule has 4 aromatic rings. The first-order valence-electron chi connectivity index (χ1n) is 11.3. The maximum atomic E-state index is 13.4. The van der Waals surface area contributed by atoms with Gasteiger partial charge in [0, 0.05) is 18.4 Å². The van der Waals surface area contributed by atoms with E-state index >= 15 is 0 Å². The van der Waals surface area contributed by atoms with Crippen molar-refractivity contribution in [1.29, 1.82) is 0 Å². The van der Waals surface area contributed by atoms with Gasteiger partial charge in [-0.15, -0.1) is 0 Å². The second kappa shape index (κ2) is 9.42.